The quantitative estimate of drug-likeness (QED) is 0.793. The van der Waals surface area contributed by atoms with Gasteiger partial charge in [-0.2, -0.15) is 0 Å². The largest absolute Gasteiger partial charge is 0.337 e. The van der Waals surface area contributed by atoms with Crippen LogP contribution in [0, 0.1) is 12.7 Å². The molecule has 0 aromatic heterocycles. The minimum atomic E-state index is -4.25. The van der Waals surface area contributed by atoms with Crippen LogP contribution in [0.5, 0.6) is 0 Å². The summed E-state index contributed by atoms with van der Waals surface area (Å²) in [6.07, 6.45) is 0.718. The number of halogens is 2. The molecule has 0 bridgehead atoms. The Bertz CT molecular complexity index is 671. The first-order chi connectivity index (χ1) is 9.41. The van der Waals surface area contributed by atoms with Crippen molar-refractivity contribution in [2.75, 3.05) is 7.05 Å². The normalized spacial score (nSPS) is 12.3. The molecule has 0 N–H and O–H groups in total. The molecule has 21 heavy (non-hydrogen) atoms. The Morgan fingerprint density at radius 2 is 1.90 bits per heavy atom. The van der Waals surface area contributed by atoms with Crippen LogP contribution in [-0.2, 0) is 9.05 Å². The zero-order valence-corrected chi connectivity index (χ0v) is 14.3. The molecule has 118 valence electrons. The number of carbonyl (C=O) groups is 1. The fourth-order valence-electron chi connectivity index (χ4n) is 1.74. The molecule has 0 aliphatic rings. The van der Waals surface area contributed by atoms with Crippen molar-refractivity contribution in [2.45, 2.75) is 44.6 Å². The van der Waals surface area contributed by atoms with Gasteiger partial charge >= 0.3 is 0 Å². The summed E-state index contributed by atoms with van der Waals surface area (Å²) in [6.45, 7) is 7.11. The van der Waals surface area contributed by atoms with E-state index in [1.807, 2.05) is 20.8 Å². The van der Waals surface area contributed by atoms with Crippen molar-refractivity contribution in [1.29, 1.82) is 0 Å². The number of aryl methyl sites for hydroxylation is 1. The molecule has 0 radical (unpaired) electrons. The van der Waals surface area contributed by atoms with E-state index in [0.717, 1.165) is 12.5 Å². The van der Waals surface area contributed by atoms with Gasteiger partial charge in [0, 0.05) is 28.8 Å². The Morgan fingerprint density at radius 3 is 2.33 bits per heavy atom. The summed E-state index contributed by atoms with van der Waals surface area (Å²) in [5.74, 6) is -1.31. The monoisotopic (exact) mass is 335 g/mol. The van der Waals surface area contributed by atoms with E-state index < -0.39 is 25.3 Å². The third kappa shape index (κ3) is 3.74. The zero-order chi connectivity index (χ0) is 16.6. The van der Waals surface area contributed by atoms with E-state index >= 15 is 0 Å². The van der Waals surface area contributed by atoms with E-state index in [4.69, 9.17) is 10.7 Å². The van der Waals surface area contributed by atoms with Gasteiger partial charge in [0.1, 0.15) is 10.7 Å². The van der Waals surface area contributed by atoms with Crippen LogP contribution in [0.1, 0.15) is 43.1 Å². The van der Waals surface area contributed by atoms with Crippen molar-refractivity contribution in [1.82, 2.24) is 4.90 Å². The molecule has 0 saturated heterocycles. The Kier molecular flexibility index (Phi) is 5.05. The molecule has 0 unspecified atom stereocenters. The number of hydrogen-bond acceptors (Lipinski definition) is 3. The van der Waals surface area contributed by atoms with Gasteiger partial charge in [-0.3, -0.25) is 4.79 Å². The highest BCUT2D eigenvalue weighted by Gasteiger charge is 2.28. The maximum Gasteiger partial charge on any atom is 0.264 e. The summed E-state index contributed by atoms with van der Waals surface area (Å²) in [5, 5.41) is 0. The van der Waals surface area contributed by atoms with E-state index in [2.05, 4.69) is 0 Å². The summed E-state index contributed by atoms with van der Waals surface area (Å²) in [6, 6.07) is 2.31. The van der Waals surface area contributed by atoms with Gasteiger partial charge in [0.05, 0.1) is 0 Å². The summed E-state index contributed by atoms with van der Waals surface area (Å²) in [5.41, 5.74) is -0.251. The highest BCUT2D eigenvalue weighted by atomic mass is 35.7. The second-order valence-electron chi connectivity index (χ2n) is 5.57. The van der Waals surface area contributed by atoms with Gasteiger partial charge in [0.15, 0.2) is 0 Å². The molecule has 7 heteroatoms. The van der Waals surface area contributed by atoms with E-state index in [1.165, 1.54) is 17.9 Å². The summed E-state index contributed by atoms with van der Waals surface area (Å²) in [4.78, 5) is 13.3. The van der Waals surface area contributed by atoms with Crippen molar-refractivity contribution in [3.05, 3.63) is 29.1 Å². The molecule has 1 aromatic rings. The van der Waals surface area contributed by atoms with Crippen LogP contribution >= 0.6 is 10.7 Å². The number of benzene rings is 1. The molecule has 1 rings (SSSR count). The third-order valence-corrected chi connectivity index (χ3v) is 5.13. The Labute approximate surface area is 129 Å². The van der Waals surface area contributed by atoms with Crippen LogP contribution < -0.4 is 0 Å². The van der Waals surface area contributed by atoms with E-state index in [9.17, 15) is 17.6 Å². The van der Waals surface area contributed by atoms with Crippen LogP contribution in [-0.4, -0.2) is 31.8 Å². The van der Waals surface area contributed by atoms with Crippen LogP contribution in [0.4, 0.5) is 4.39 Å². The Balaban J connectivity index is 3.40. The standard InChI is InChI=1S/C14H19ClFNO3S/c1-6-14(3,4)17(5)13(18)10-7-9(2)12(16)11(8-10)21(15,19)20/h7-8H,6H2,1-5H3. The summed E-state index contributed by atoms with van der Waals surface area (Å²) < 4.78 is 36.7. The van der Waals surface area contributed by atoms with E-state index in [0.29, 0.717) is 0 Å². The predicted octanol–water partition coefficient (Wildman–Crippen LogP) is 3.32. The molecule has 0 saturated carbocycles. The molecule has 0 atom stereocenters. The summed E-state index contributed by atoms with van der Waals surface area (Å²) in [7, 11) is 2.59. The fourth-order valence-corrected chi connectivity index (χ4v) is 2.72. The first kappa shape index (κ1) is 17.9. The third-order valence-electron chi connectivity index (χ3n) is 3.81. The fraction of sp³-hybridized carbons (Fsp3) is 0.500. The molecule has 0 aliphatic heterocycles. The molecule has 1 aromatic carbocycles. The molecule has 4 nitrogen and oxygen atoms in total. The van der Waals surface area contributed by atoms with Gasteiger partial charge in [-0.1, -0.05) is 6.92 Å². The predicted molar refractivity (Wildman–Crippen MR) is 80.6 cm³/mol. The molecular weight excluding hydrogens is 317 g/mol. The lowest BCUT2D eigenvalue weighted by molar-refractivity contribution is 0.0620. The summed E-state index contributed by atoms with van der Waals surface area (Å²) >= 11 is 0. The molecular formula is C14H19ClFNO3S. The Morgan fingerprint density at radius 1 is 1.38 bits per heavy atom. The second kappa shape index (κ2) is 5.93. The first-order valence-corrected chi connectivity index (χ1v) is 8.75. The van der Waals surface area contributed by atoms with Gasteiger partial charge in [-0.05, 0) is 44.9 Å². The number of carbonyl (C=O) groups excluding carboxylic acids is 1. The van der Waals surface area contributed by atoms with Gasteiger partial charge in [-0.15, -0.1) is 0 Å². The average Bonchev–Trinajstić information content (AvgIpc) is 2.38. The van der Waals surface area contributed by atoms with Crippen LogP contribution in [0.2, 0.25) is 0 Å². The molecule has 1 amide bonds. The van der Waals surface area contributed by atoms with E-state index in [1.54, 1.807) is 7.05 Å². The van der Waals surface area contributed by atoms with Crippen molar-refractivity contribution in [3.8, 4) is 0 Å². The number of amides is 1. The molecule has 0 aliphatic carbocycles. The van der Waals surface area contributed by atoms with Crippen molar-refractivity contribution in [3.63, 3.8) is 0 Å². The SMILES string of the molecule is CCC(C)(C)N(C)C(=O)c1cc(C)c(F)c(S(=O)(=O)Cl)c1. The average molecular weight is 336 g/mol. The van der Waals surface area contributed by atoms with Gasteiger partial charge < -0.3 is 4.90 Å². The minimum Gasteiger partial charge on any atom is -0.337 e. The van der Waals surface area contributed by atoms with E-state index in [-0.39, 0.29) is 17.0 Å². The topological polar surface area (TPSA) is 54.5 Å². The smallest absolute Gasteiger partial charge is 0.264 e. The highest BCUT2D eigenvalue weighted by molar-refractivity contribution is 8.13. The lowest BCUT2D eigenvalue weighted by Gasteiger charge is -2.35. The van der Waals surface area contributed by atoms with Crippen molar-refractivity contribution < 1.29 is 17.6 Å². The number of nitrogens with zero attached hydrogens (tertiary/aromatic N) is 1. The van der Waals surface area contributed by atoms with Gasteiger partial charge in [0.2, 0.25) is 0 Å². The molecule has 0 heterocycles. The van der Waals surface area contributed by atoms with Gasteiger partial charge in [0.25, 0.3) is 15.0 Å². The lowest BCUT2D eigenvalue weighted by atomic mass is 9.98. The molecule has 0 fully saturated rings. The molecule has 0 spiro atoms. The maximum absolute atomic E-state index is 13.9. The highest BCUT2D eigenvalue weighted by Crippen LogP contribution is 2.26. The van der Waals surface area contributed by atoms with Crippen molar-refractivity contribution in [2.24, 2.45) is 0 Å². The number of rotatable bonds is 4. The second-order valence-corrected chi connectivity index (χ2v) is 8.11. The lowest BCUT2D eigenvalue weighted by Crippen LogP contribution is -2.44. The van der Waals surface area contributed by atoms with Crippen molar-refractivity contribution >= 4 is 25.6 Å². The Hall–Kier alpha value is -1.14. The zero-order valence-electron chi connectivity index (χ0n) is 12.7. The van der Waals surface area contributed by atoms with Crippen LogP contribution in [0.15, 0.2) is 17.0 Å². The van der Waals surface area contributed by atoms with Gasteiger partial charge in [-0.25, -0.2) is 12.8 Å². The number of hydrogen-bond donors (Lipinski definition) is 0. The minimum absolute atomic E-state index is 0.0581. The van der Waals surface area contributed by atoms with Crippen LogP contribution in [0.25, 0.3) is 0 Å². The maximum atomic E-state index is 13.9. The first-order valence-electron chi connectivity index (χ1n) is 6.44. The van der Waals surface area contributed by atoms with Crippen LogP contribution in [0.3, 0.4) is 0 Å².